The van der Waals surface area contributed by atoms with E-state index in [9.17, 15) is 13.2 Å². The van der Waals surface area contributed by atoms with Gasteiger partial charge in [-0.3, -0.25) is 4.79 Å². The Bertz CT molecular complexity index is 496. The summed E-state index contributed by atoms with van der Waals surface area (Å²) in [5, 5.41) is 0. The summed E-state index contributed by atoms with van der Waals surface area (Å²) in [6, 6.07) is 6.41. The summed E-state index contributed by atoms with van der Waals surface area (Å²) in [6.45, 7) is -0.0199. The van der Waals surface area contributed by atoms with Gasteiger partial charge in [0.1, 0.15) is 6.61 Å². The number of Topliss-reactive ketones (excluding diaryl/α,β-unsaturated/α-hetero) is 1. The van der Waals surface area contributed by atoms with E-state index in [1.807, 2.05) is 0 Å². The van der Waals surface area contributed by atoms with Crippen LogP contribution in [0.4, 0.5) is 0 Å². The lowest BCUT2D eigenvalue weighted by Gasteiger charge is -2.08. The molecule has 1 N–H and O–H groups in total. The molecule has 0 radical (unpaired) electrons. The predicted octanol–water partition coefficient (Wildman–Crippen LogP) is 0.353. The van der Waals surface area contributed by atoms with Gasteiger partial charge in [-0.2, -0.15) is 0 Å². The molecule has 5 nitrogen and oxygen atoms in total. The predicted molar refractivity (Wildman–Crippen MR) is 63.3 cm³/mol. The van der Waals surface area contributed by atoms with Crippen LogP contribution in [0.1, 0.15) is 5.56 Å². The molecule has 1 rings (SSSR count). The molecule has 0 bridgehead atoms. The molecule has 6 heteroatoms. The summed E-state index contributed by atoms with van der Waals surface area (Å²) in [6.07, 6.45) is 0.0466. The first kappa shape index (κ1) is 13.8. The zero-order valence-corrected chi connectivity index (χ0v) is 10.6. The zero-order valence-electron chi connectivity index (χ0n) is 9.76. The van der Waals surface area contributed by atoms with Gasteiger partial charge in [-0.1, -0.05) is 18.2 Å². The lowest BCUT2D eigenvalue weighted by atomic mass is 10.1. The van der Waals surface area contributed by atoms with Crippen molar-refractivity contribution < 1.29 is 17.9 Å². The maximum atomic E-state index is 11.7. The Kier molecular flexibility index (Phi) is 4.80. The molecule has 0 fully saturated rings. The summed E-state index contributed by atoms with van der Waals surface area (Å²) >= 11 is 0. The highest BCUT2D eigenvalue weighted by Crippen LogP contribution is 2.15. The molecule has 0 saturated carbocycles. The number of carbonyl (C=O) groups excluding carboxylic acids is 1. The second-order valence-corrected chi connectivity index (χ2v) is 5.32. The highest BCUT2D eigenvalue weighted by Gasteiger charge is 2.17. The number of nitrogens with one attached hydrogen (secondary N) is 1. The van der Waals surface area contributed by atoms with Crippen LogP contribution in [0.2, 0.25) is 0 Å². The van der Waals surface area contributed by atoms with Crippen molar-refractivity contribution in [2.45, 2.75) is 11.3 Å². The van der Waals surface area contributed by atoms with Crippen LogP contribution in [0.25, 0.3) is 0 Å². The van der Waals surface area contributed by atoms with E-state index < -0.39 is 10.0 Å². The van der Waals surface area contributed by atoms with Crippen molar-refractivity contribution in [3.63, 3.8) is 0 Å². The van der Waals surface area contributed by atoms with Gasteiger partial charge < -0.3 is 4.74 Å². The number of hydrogen-bond donors (Lipinski definition) is 1. The number of sulfonamides is 1. The topological polar surface area (TPSA) is 72.5 Å². The van der Waals surface area contributed by atoms with E-state index in [-0.39, 0.29) is 23.7 Å². The number of benzene rings is 1. The molecule has 0 aromatic heterocycles. The summed E-state index contributed by atoms with van der Waals surface area (Å²) in [4.78, 5) is 11.6. The van der Waals surface area contributed by atoms with Crippen molar-refractivity contribution in [2.24, 2.45) is 0 Å². The molecule has 94 valence electrons. The standard InChI is InChI=1S/C11H15NO4S/c1-12-17(14,15)11-6-4-3-5-9(11)7-10(13)8-16-2/h3-6,12H,7-8H2,1-2H3. The molecule has 0 spiro atoms. The number of rotatable bonds is 6. The maximum Gasteiger partial charge on any atom is 0.240 e. The Morgan fingerprint density at radius 1 is 1.35 bits per heavy atom. The van der Waals surface area contributed by atoms with E-state index >= 15 is 0 Å². The minimum absolute atomic E-state index is 0.0199. The first-order valence-electron chi connectivity index (χ1n) is 5.03. The molecule has 1 aromatic rings. The molecule has 0 unspecified atom stereocenters. The minimum atomic E-state index is -3.53. The molecule has 1 aromatic carbocycles. The number of ether oxygens (including phenoxy) is 1. The second kappa shape index (κ2) is 5.90. The highest BCUT2D eigenvalue weighted by molar-refractivity contribution is 7.89. The Balaban J connectivity index is 3.05. The van der Waals surface area contributed by atoms with Gasteiger partial charge in [0, 0.05) is 13.5 Å². The van der Waals surface area contributed by atoms with Gasteiger partial charge in [-0.05, 0) is 18.7 Å². The Morgan fingerprint density at radius 3 is 2.59 bits per heavy atom. The van der Waals surface area contributed by atoms with Crippen molar-refractivity contribution in [1.82, 2.24) is 4.72 Å². The van der Waals surface area contributed by atoms with Gasteiger partial charge >= 0.3 is 0 Å². The van der Waals surface area contributed by atoms with Crippen LogP contribution in [0, 0.1) is 0 Å². The van der Waals surface area contributed by atoms with E-state index in [1.54, 1.807) is 18.2 Å². The van der Waals surface area contributed by atoms with Crippen LogP contribution in [0.5, 0.6) is 0 Å². The van der Waals surface area contributed by atoms with E-state index in [1.165, 1.54) is 20.2 Å². The van der Waals surface area contributed by atoms with Crippen LogP contribution in [0.3, 0.4) is 0 Å². The van der Waals surface area contributed by atoms with Gasteiger partial charge in [0.15, 0.2) is 5.78 Å². The summed E-state index contributed by atoms with van der Waals surface area (Å²) in [5.74, 6) is -0.161. The number of ketones is 1. The molecule has 0 aliphatic rings. The van der Waals surface area contributed by atoms with E-state index in [2.05, 4.69) is 4.72 Å². The third-order valence-electron chi connectivity index (χ3n) is 2.22. The van der Waals surface area contributed by atoms with Crippen molar-refractivity contribution in [1.29, 1.82) is 0 Å². The van der Waals surface area contributed by atoms with Crippen LogP contribution in [0.15, 0.2) is 29.2 Å². The first-order chi connectivity index (χ1) is 8.01. The van der Waals surface area contributed by atoms with E-state index in [0.29, 0.717) is 5.56 Å². The summed E-state index contributed by atoms with van der Waals surface area (Å²) in [7, 11) is -0.771. The van der Waals surface area contributed by atoms with Gasteiger partial charge in [-0.15, -0.1) is 0 Å². The molecular formula is C11H15NO4S. The molecule has 0 amide bonds. The smallest absolute Gasteiger partial charge is 0.240 e. The van der Waals surface area contributed by atoms with Gasteiger partial charge in [0.25, 0.3) is 0 Å². The summed E-state index contributed by atoms with van der Waals surface area (Å²) in [5.41, 5.74) is 0.476. The van der Waals surface area contributed by atoms with Gasteiger partial charge in [-0.25, -0.2) is 13.1 Å². The van der Waals surface area contributed by atoms with E-state index in [0.717, 1.165) is 0 Å². The molecular weight excluding hydrogens is 242 g/mol. The Hall–Kier alpha value is -1.24. The number of hydrogen-bond acceptors (Lipinski definition) is 4. The molecule has 0 heterocycles. The van der Waals surface area contributed by atoms with Crippen molar-refractivity contribution in [3.05, 3.63) is 29.8 Å². The largest absolute Gasteiger partial charge is 0.377 e. The van der Waals surface area contributed by atoms with Crippen molar-refractivity contribution in [2.75, 3.05) is 20.8 Å². The van der Waals surface area contributed by atoms with Crippen LogP contribution < -0.4 is 4.72 Å². The quantitative estimate of drug-likeness (QED) is 0.798. The minimum Gasteiger partial charge on any atom is -0.377 e. The average Bonchev–Trinajstić information content (AvgIpc) is 2.30. The first-order valence-corrected chi connectivity index (χ1v) is 6.51. The zero-order chi connectivity index (χ0) is 12.9. The molecule has 17 heavy (non-hydrogen) atoms. The SMILES string of the molecule is CNS(=O)(=O)c1ccccc1CC(=O)COC. The molecule has 0 atom stereocenters. The Morgan fingerprint density at radius 2 is 2.00 bits per heavy atom. The third kappa shape index (κ3) is 3.62. The summed E-state index contributed by atoms with van der Waals surface area (Å²) < 4.78 is 30.4. The lowest BCUT2D eigenvalue weighted by Crippen LogP contribution is -2.21. The molecule has 0 aliphatic heterocycles. The maximum absolute atomic E-state index is 11.7. The van der Waals surface area contributed by atoms with Gasteiger partial charge in [0.05, 0.1) is 4.90 Å². The second-order valence-electron chi connectivity index (χ2n) is 3.46. The number of methoxy groups -OCH3 is 1. The fourth-order valence-electron chi connectivity index (χ4n) is 1.45. The van der Waals surface area contributed by atoms with Crippen molar-refractivity contribution in [3.8, 4) is 0 Å². The molecule has 0 saturated heterocycles. The highest BCUT2D eigenvalue weighted by atomic mass is 32.2. The normalized spacial score (nSPS) is 11.4. The van der Waals surface area contributed by atoms with Gasteiger partial charge in [0.2, 0.25) is 10.0 Å². The van der Waals surface area contributed by atoms with E-state index in [4.69, 9.17) is 4.74 Å². The fraction of sp³-hybridized carbons (Fsp3) is 0.364. The van der Waals surface area contributed by atoms with Crippen molar-refractivity contribution >= 4 is 15.8 Å². The number of carbonyl (C=O) groups is 1. The van der Waals surface area contributed by atoms with Crippen LogP contribution >= 0.6 is 0 Å². The molecule has 0 aliphatic carbocycles. The lowest BCUT2D eigenvalue weighted by molar-refractivity contribution is -0.122. The third-order valence-corrected chi connectivity index (χ3v) is 3.74. The Labute approximate surface area is 101 Å². The van der Waals surface area contributed by atoms with Crippen LogP contribution in [-0.4, -0.2) is 35.0 Å². The monoisotopic (exact) mass is 257 g/mol. The fourth-order valence-corrected chi connectivity index (χ4v) is 2.41. The average molecular weight is 257 g/mol. The van der Waals surface area contributed by atoms with Crippen LogP contribution in [-0.2, 0) is 26.0 Å².